The van der Waals surface area contributed by atoms with Crippen LogP contribution < -0.4 is 10.6 Å². The number of aromatic nitrogens is 2. The Morgan fingerprint density at radius 2 is 2.04 bits per heavy atom. The molecule has 2 fully saturated rings. The van der Waals surface area contributed by atoms with Crippen LogP contribution in [0, 0.1) is 12.8 Å². The van der Waals surface area contributed by atoms with Gasteiger partial charge in [0.1, 0.15) is 11.6 Å². The van der Waals surface area contributed by atoms with Crippen LogP contribution in [-0.4, -0.2) is 29.1 Å². The molecule has 1 saturated heterocycles. The van der Waals surface area contributed by atoms with Gasteiger partial charge in [-0.05, 0) is 75.9 Å². The minimum absolute atomic E-state index is 0.464. The molecule has 0 unspecified atom stereocenters. The molecule has 2 aromatic heterocycles. The Labute approximate surface area is 142 Å². The second kappa shape index (κ2) is 6.36. The Morgan fingerprint density at radius 1 is 1.26 bits per heavy atom. The number of fused-ring (bicyclic) bond motifs is 1. The van der Waals surface area contributed by atoms with Crippen molar-refractivity contribution in [2.75, 3.05) is 18.4 Å². The first-order valence-electron chi connectivity index (χ1n) is 8.93. The third kappa shape index (κ3) is 3.36. The third-order valence-corrected chi connectivity index (χ3v) is 6.17. The Kier molecular flexibility index (Phi) is 4.24. The van der Waals surface area contributed by atoms with Crippen molar-refractivity contribution < 1.29 is 0 Å². The van der Waals surface area contributed by atoms with Gasteiger partial charge in [0.25, 0.3) is 0 Å². The maximum atomic E-state index is 4.89. The average molecular weight is 331 g/mol. The molecule has 23 heavy (non-hydrogen) atoms. The molecule has 5 heteroatoms. The summed E-state index contributed by atoms with van der Waals surface area (Å²) in [6, 6.07) is 0.464. The van der Waals surface area contributed by atoms with Crippen LogP contribution in [0.1, 0.15) is 56.3 Å². The standard InChI is InChI=1S/C18H26N4S/c1-11-10-23-16-15(11)21-17(14-3-4-14)22-18(16)20-12(2)9-13-5-7-19-8-6-13/h10,12-14,19H,3-9H2,1-2H3,(H,20,21,22)/t12-/m0/s1. The fraction of sp³-hybridized carbons (Fsp3) is 0.667. The highest BCUT2D eigenvalue weighted by atomic mass is 32.1. The van der Waals surface area contributed by atoms with Crippen molar-refractivity contribution in [3.63, 3.8) is 0 Å². The van der Waals surface area contributed by atoms with Gasteiger partial charge in [0, 0.05) is 12.0 Å². The van der Waals surface area contributed by atoms with Crippen LogP contribution >= 0.6 is 11.3 Å². The smallest absolute Gasteiger partial charge is 0.148 e. The molecule has 124 valence electrons. The molecule has 1 saturated carbocycles. The summed E-state index contributed by atoms with van der Waals surface area (Å²) in [5.74, 6) is 3.55. The fourth-order valence-corrected chi connectivity index (χ4v) is 4.52. The van der Waals surface area contributed by atoms with E-state index in [1.54, 1.807) is 11.3 Å². The summed E-state index contributed by atoms with van der Waals surface area (Å²) in [6.45, 7) is 6.80. The Hall–Kier alpha value is -1.20. The van der Waals surface area contributed by atoms with Crippen LogP contribution in [0.2, 0.25) is 0 Å². The van der Waals surface area contributed by atoms with Crippen molar-refractivity contribution in [2.24, 2.45) is 5.92 Å². The fourth-order valence-electron chi connectivity index (χ4n) is 3.58. The zero-order valence-electron chi connectivity index (χ0n) is 14.1. The highest BCUT2D eigenvalue weighted by Crippen LogP contribution is 2.40. The van der Waals surface area contributed by atoms with Gasteiger partial charge in [-0.25, -0.2) is 9.97 Å². The number of nitrogens with one attached hydrogen (secondary N) is 2. The molecule has 1 atom stereocenters. The largest absolute Gasteiger partial charge is 0.366 e. The predicted octanol–water partition coefficient (Wildman–Crippen LogP) is 4.07. The van der Waals surface area contributed by atoms with Crippen molar-refractivity contribution in [1.29, 1.82) is 0 Å². The lowest BCUT2D eigenvalue weighted by atomic mass is 9.91. The molecule has 0 aromatic carbocycles. The second-order valence-corrected chi connectivity index (χ2v) is 8.16. The van der Waals surface area contributed by atoms with E-state index in [1.165, 1.54) is 55.5 Å². The maximum Gasteiger partial charge on any atom is 0.148 e. The summed E-state index contributed by atoms with van der Waals surface area (Å²) in [6.07, 6.45) is 6.33. The molecule has 0 amide bonds. The number of aryl methyl sites for hydroxylation is 1. The van der Waals surface area contributed by atoms with Crippen LogP contribution in [0.5, 0.6) is 0 Å². The number of hydrogen-bond donors (Lipinski definition) is 2. The molecule has 2 aliphatic rings. The summed E-state index contributed by atoms with van der Waals surface area (Å²) < 4.78 is 1.23. The number of thiophene rings is 1. The van der Waals surface area contributed by atoms with Crippen molar-refractivity contribution in [1.82, 2.24) is 15.3 Å². The maximum absolute atomic E-state index is 4.89. The Bertz CT molecular complexity index is 686. The lowest BCUT2D eigenvalue weighted by Gasteiger charge is -2.26. The van der Waals surface area contributed by atoms with E-state index in [1.807, 2.05) is 0 Å². The van der Waals surface area contributed by atoms with E-state index in [0.717, 1.165) is 23.1 Å². The zero-order valence-corrected chi connectivity index (χ0v) is 14.9. The monoisotopic (exact) mass is 330 g/mol. The molecule has 1 aliphatic carbocycles. The van der Waals surface area contributed by atoms with Gasteiger partial charge in [-0.3, -0.25) is 0 Å². The van der Waals surface area contributed by atoms with Crippen molar-refractivity contribution in [2.45, 2.75) is 57.9 Å². The zero-order chi connectivity index (χ0) is 15.8. The minimum atomic E-state index is 0.464. The van der Waals surface area contributed by atoms with Gasteiger partial charge in [0.15, 0.2) is 0 Å². The second-order valence-electron chi connectivity index (χ2n) is 7.28. The van der Waals surface area contributed by atoms with Crippen molar-refractivity contribution in [3.8, 4) is 0 Å². The first-order valence-corrected chi connectivity index (χ1v) is 9.81. The SMILES string of the molecule is Cc1csc2c(N[C@@H](C)CC3CCNCC3)nc(C3CC3)nc12. The van der Waals surface area contributed by atoms with E-state index in [-0.39, 0.29) is 0 Å². The molecule has 3 heterocycles. The van der Waals surface area contributed by atoms with E-state index in [2.05, 4.69) is 29.9 Å². The summed E-state index contributed by atoms with van der Waals surface area (Å²) in [4.78, 5) is 9.72. The summed E-state index contributed by atoms with van der Waals surface area (Å²) in [7, 11) is 0. The Balaban J connectivity index is 1.54. The topological polar surface area (TPSA) is 49.8 Å². The van der Waals surface area contributed by atoms with Gasteiger partial charge < -0.3 is 10.6 Å². The van der Waals surface area contributed by atoms with Gasteiger partial charge in [-0.1, -0.05) is 0 Å². The number of anilines is 1. The average Bonchev–Trinajstić information content (AvgIpc) is 3.33. The van der Waals surface area contributed by atoms with Gasteiger partial charge in [0.05, 0.1) is 10.2 Å². The van der Waals surface area contributed by atoms with Gasteiger partial charge in [0.2, 0.25) is 0 Å². The van der Waals surface area contributed by atoms with Crippen LogP contribution in [0.25, 0.3) is 10.2 Å². The quantitative estimate of drug-likeness (QED) is 0.868. The molecule has 4 nitrogen and oxygen atoms in total. The Morgan fingerprint density at radius 3 is 2.78 bits per heavy atom. The predicted molar refractivity (Wildman–Crippen MR) is 97.4 cm³/mol. The molecular weight excluding hydrogens is 304 g/mol. The van der Waals surface area contributed by atoms with Crippen LogP contribution in [0.15, 0.2) is 5.38 Å². The van der Waals surface area contributed by atoms with E-state index < -0.39 is 0 Å². The molecule has 0 bridgehead atoms. The van der Waals surface area contributed by atoms with E-state index in [4.69, 9.17) is 9.97 Å². The molecule has 2 N–H and O–H groups in total. The third-order valence-electron chi connectivity index (χ3n) is 5.08. The molecule has 2 aromatic rings. The molecular formula is C18H26N4S. The summed E-state index contributed by atoms with van der Waals surface area (Å²) in [5, 5.41) is 9.37. The summed E-state index contributed by atoms with van der Waals surface area (Å²) in [5.41, 5.74) is 2.44. The lowest BCUT2D eigenvalue weighted by Crippen LogP contribution is -2.31. The van der Waals surface area contributed by atoms with Gasteiger partial charge in [-0.2, -0.15) is 0 Å². The first-order chi connectivity index (χ1) is 11.2. The first kappa shape index (κ1) is 15.3. The highest BCUT2D eigenvalue weighted by molar-refractivity contribution is 7.18. The minimum Gasteiger partial charge on any atom is -0.366 e. The number of hydrogen-bond acceptors (Lipinski definition) is 5. The number of rotatable bonds is 5. The van der Waals surface area contributed by atoms with E-state index >= 15 is 0 Å². The number of piperidine rings is 1. The van der Waals surface area contributed by atoms with Crippen LogP contribution in [0.3, 0.4) is 0 Å². The van der Waals surface area contributed by atoms with Crippen LogP contribution in [0.4, 0.5) is 5.82 Å². The van der Waals surface area contributed by atoms with Gasteiger partial charge >= 0.3 is 0 Å². The molecule has 0 radical (unpaired) electrons. The van der Waals surface area contributed by atoms with E-state index in [9.17, 15) is 0 Å². The van der Waals surface area contributed by atoms with E-state index in [0.29, 0.717) is 12.0 Å². The normalized spacial score (nSPS) is 20.8. The van der Waals surface area contributed by atoms with Crippen molar-refractivity contribution in [3.05, 3.63) is 16.8 Å². The molecule has 0 spiro atoms. The molecule has 4 rings (SSSR count). The van der Waals surface area contributed by atoms with Gasteiger partial charge in [-0.15, -0.1) is 11.3 Å². The number of nitrogens with zero attached hydrogens (tertiary/aromatic N) is 2. The lowest BCUT2D eigenvalue weighted by molar-refractivity contribution is 0.342. The molecule has 1 aliphatic heterocycles. The highest BCUT2D eigenvalue weighted by Gasteiger charge is 2.28. The summed E-state index contributed by atoms with van der Waals surface area (Å²) >= 11 is 1.77. The van der Waals surface area contributed by atoms with Crippen LogP contribution in [-0.2, 0) is 0 Å². The van der Waals surface area contributed by atoms with Crippen molar-refractivity contribution >= 4 is 27.4 Å².